The molecule has 30 heavy (non-hydrogen) atoms. The molecule has 0 aliphatic heterocycles. The lowest BCUT2D eigenvalue weighted by molar-refractivity contribution is -0.124. The second-order valence-electron chi connectivity index (χ2n) is 8.32. The molecule has 0 bridgehead atoms. The fourth-order valence-electron chi connectivity index (χ4n) is 3.85. The SMILES string of the molecule is Cc1ccc(-n2cc(OC(=O)O)c(N(C(=O)[C@H]3CC[C@H](C)CC3)C(C)C)n2)cc1F. The van der Waals surface area contributed by atoms with Crippen molar-refractivity contribution in [3.05, 3.63) is 35.8 Å². The number of ether oxygens (including phenoxy) is 1. The van der Waals surface area contributed by atoms with E-state index >= 15 is 0 Å². The number of carbonyl (C=O) groups excluding carboxylic acids is 1. The van der Waals surface area contributed by atoms with E-state index in [2.05, 4.69) is 12.0 Å². The van der Waals surface area contributed by atoms with E-state index in [0.717, 1.165) is 25.7 Å². The molecule has 2 aromatic rings. The molecule has 0 radical (unpaired) electrons. The Bertz CT molecular complexity index is 932. The maximum absolute atomic E-state index is 14.0. The molecule has 1 fully saturated rings. The van der Waals surface area contributed by atoms with Crippen LogP contribution >= 0.6 is 0 Å². The highest BCUT2D eigenvalue weighted by molar-refractivity contribution is 5.96. The summed E-state index contributed by atoms with van der Waals surface area (Å²) in [5, 5.41) is 13.6. The van der Waals surface area contributed by atoms with Crippen LogP contribution in [0.3, 0.4) is 0 Å². The van der Waals surface area contributed by atoms with Crippen LogP contribution in [0.15, 0.2) is 24.4 Å². The van der Waals surface area contributed by atoms with Gasteiger partial charge in [0.05, 0.1) is 11.9 Å². The van der Waals surface area contributed by atoms with Gasteiger partial charge < -0.3 is 9.84 Å². The molecular weight excluding hydrogens is 389 g/mol. The van der Waals surface area contributed by atoms with E-state index in [1.165, 1.54) is 21.8 Å². The zero-order chi connectivity index (χ0) is 22.0. The summed E-state index contributed by atoms with van der Waals surface area (Å²) >= 11 is 0. The molecule has 0 saturated heterocycles. The quantitative estimate of drug-likeness (QED) is 0.696. The second kappa shape index (κ2) is 8.85. The number of aryl methyl sites for hydroxylation is 1. The minimum absolute atomic E-state index is 0.0605. The Hall–Kier alpha value is -2.90. The Morgan fingerprint density at radius 3 is 2.50 bits per heavy atom. The first-order valence-corrected chi connectivity index (χ1v) is 10.3. The molecule has 1 aliphatic carbocycles. The number of rotatable bonds is 5. The molecule has 7 nitrogen and oxygen atoms in total. The van der Waals surface area contributed by atoms with Crippen LogP contribution in [0.2, 0.25) is 0 Å². The normalized spacial score (nSPS) is 19.0. The summed E-state index contributed by atoms with van der Waals surface area (Å²) in [6, 6.07) is 4.33. The van der Waals surface area contributed by atoms with Crippen LogP contribution in [0.1, 0.15) is 52.0 Å². The van der Waals surface area contributed by atoms with Gasteiger partial charge in [0.25, 0.3) is 0 Å². The number of carbonyl (C=O) groups is 2. The van der Waals surface area contributed by atoms with Gasteiger partial charge in [-0.1, -0.05) is 13.0 Å². The fourth-order valence-corrected chi connectivity index (χ4v) is 3.85. The first-order valence-electron chi connectivity index (χ1n) is 10.3. The highest BCUT2D eigenvalue weighted by atomic mass is 19.1. The predicted molar refractivity (Wildman–Crippen MR) is 111 cm³/mol. The van der Waals surface area contributed by atoms with E-state index in [1.807, 2.05) is 13.8 Å². The van der Waals surface area contributed by atoms with Crippen molar-refractivity contribution in [2.75, 3.05) is 4.90 Å². The third kappa shape index (κ3) is 4.63. The summed E-state index contributed by atoms with van der Waals surface area (Å²) in [4.78, 5) is 26.1. The van der Waals surface area contributed by atoms with Crippen molar-refractivity contribution in [2.24, 2.45) is 11.8 Å². The van der Waals surface area contributed by atoms with Crippen LogP contribution in [0.25, 0.3) is 5.69 Å². The van der Waals surface area contributed by atoms with Gasteiger partial charge in [0, 0.05) is 12.0 Å². The number of hydrogen-bond acceptors (Lipinski definition) is 4. The van der Waals surface area contributed by atoms with Crippen LogP contribution < -0.4 is 9.64 Å². The number of anilines is 1. The van der Waals surface area contributed by atoms with Crippen LogP contribution in [-0.2, 0) is 4.79 Å². The molecule has 0 atom stereocenters. The largest absolute Gasteiger partial charge is 0.511 e. The Morgan fingerprint density at radius 1 is 1.27 bits per heavy atom. The average molecular weight is 417 g/mol. The highest BCUT2D eigenvalue weighted by Crippen LogP contribution is 2.35. The van der Waals surface area contributed by atoms with Crippen LogP contribution in [0.4, 0.5) is 15.0 Å². The Labute approximate surface area is 175 Å². The maximum Gasteiger partial charge on any atom is 0.511 e. The zero-order valence-corrected chi connectivity index (χ0v) is 17.8. The molecule has 8 heteroatoms. The number of carboxylic acid groups (broad SMARTS) is 1. The molecule has 0 spiro atoms. The Morgan fingerprint density at radius 2 is 1.93 bits per heavy atom. The predicted octanol–water partition coefficient (Wildman–Crippen LogP) is 4.94. The number of hydrogen-bond donors (Lipinski definition) is 1. The molecule has 1 N–H and O–H groups in total. The van der Waals surface area contributed by atoms with Gasteiger partial charge in [0.1, 0.15) is 5.82 Å². The molecule has 1 aromatic carbocycles. The molecule has 162 valence electrons. The summed E-state index contributed by atoms with van der Waals surface area (Å²) in [7, 11) is 0. The van der Waals surface area contributed by atoms with E-state index in [-0.39, 0.29) is 29.4 Å². The van der Waals surface area contributed by atoms with Gasteiger partial charge in [-0.2, -0.15) is 0 Å². The topological polar surface area (TPSA) is 84.7 Å². The van der Waals surface area contributed by atoms with Gasteiger partial charge in [0.15, 0.2) is 5.75 Å². The summed E-state index contributed by atoms with van der Waals surface area (Å²) in [5.41, 5.74) is 0.890. The van der Waals surface area contributed by atoms with Crippen molar-refractivity contribution in [1.29, 1.82) is 0 Å². The van der Waals surface area contributed by atoms with E-state index in [0.29, 0.717) is 17.2 Å². The van der Waals surface area contributed by atoms with Crippen LogP contribution in [0.5, 0.6) is 5.75 Å². The number of amides is 1. The number of halogens is 1. The average Bonchev–Trinajstić information content (AvgIpc) is 3.07. The molecule has 0 unspecified atom stereocenters. The number of aromatic nitrogens is 2. The van der Waals surface area contributed by atoms with Gasteiger partial charge in [-0.05, 0) is 70.1 Å². The summed E-state index contributed by atoms with van der Waals surface area (Å²) in [6.07, 6.45) is 3.41. The van der Waals surface area contributed by atoms with Crippen molar-refractivity contribution in [3.63, 3.8) is 0 Å². The van der Waals surface area contributed by atoms with E-state index in [9.17, 15) is 14.0 Å². The first kappa shape index (κ1) is 21.8. The monoisotopic (exact) mass is 417 g/mol. The summed E-state index contributed by atoms with van der Waals surface area (Å²) in [5.74, 6) is 0.0314. The number of benzene rings is 1. The van der Waals surface area contributed by atoms with Crippen molar-refractivity contribution in [1.82, 2.24) is 9.78 Å². The van der Waals surface area contributed by atoms with Gasteiger partial charge in [-0.15, -0.1) is 5.10 Å². The molecule has 1 amide bonds. The van der Waals surface area contributed by atoms with Crippen molar-refractivity contribution < 1.29 is 23.8 Å². The Balaban J connectivity index is 2.01. The molecule has 3 rings (SSSR count). The van der Waals surface area contributed by atoms with Crippen LogP contribution in [0, 0.1) is 24.6 Å². The fraction of sp³-hybridized carbons (Fsp3) is 0.500. The highest BCUT2D eigenvalue weighted by Gasteiger charge is 2.34. The molecular formula is C22H28FN3O4. The Kier molecular flexibility index (Phi) is 6.43. The molecule has 1 saturated carbocycles. The van der Waals surface area contributed by atoms with Crippen molar-refractivity contribution in [3.8, 4) is 11.4 Å². The lowest BCUT2D eigenvalue weighted by Gasteiger charge is -2.32. The van der Waals surface area contributed by atoms with Gasteiger partial charge in [-0.25, -0.2) is 13.9 Å². The molecule has 1 aromatic heterocycles. The van der Waals surface area contributed by atoms with E-state index in [1.54, 1.807) is 19.1 Å². The molecule has 1 heterocycles. The van der Waals surface area contributed by atoms with Gasteiger partial charge in [-0.3, -0.25) is 9.69 Å². The number of nitrogens with zero attached hydrogens (tertiary/aromatic N) is 3. The van der Waals surface area contributed by atoms with Crippen LogP contribution in [-0.4, -0.2) is 33.0 Å². The van der Waals surface area contributed by atoms with E-state index in [4.69, 9.17) is 9.84 Å². The van der Waals surface area contributed by atoms with Crippen molar-refractivity contribution >= 4 is 17.9 Å². The summed E-state index contributed by atoms with van der Waals surface area (Å²) in [6.45, 7) is 7.52. The zero-order valence-electron chi connectivity index (χ0n) is 17.8. The summed E-state index contributed by atoms with van der Waals surface area (Å²) < 4.78 is 20.3. The third-order valence-corrected chi connectivity index (χ3v) is 5.63. The second-order valence-corrected chi connectivity index (χ2v) is 8.32. The molecule has 1 aliphatic rings. The van der Waals surface area contributed by atoms with E-state index < -0.39 is 12.0 Å². The maximum atomic E-state index is 14.0. The van der Waals surface area contributed by atoms with Gasteiger partial charge in [0.2, 0.25) is 11.7 Å². The van der Waals surface area contributed by atoms with Crippen molar-refractivity contribution in [2.45, 2.75) is 59.4 Å². The lowest BCUT2D eigenvalue weighted by atomic mass is 9.82. The first-order chi connectivity index (χ1) is 14.2. The van der Waals surface area contributed by atoms with Gasteiger partial charge >= 0.3 is 6.16 Å². The minimum atomic E-state index is -1.51. The third-order valence-electron chi connectivity index (χ3n) is 5.63. The smallest absolute Gasteiger partial charge is 0.449 e. The standard InChI is InChI=1S/C22H28FN3O4/c1-13(2)26(21(27)16-8-5-14(3)6-9-16)20-19(30-22(28)29)12-25(24-20)17-10-7-15(4)18(23)11-17/h7,10-14,16H,5-6,8-9H2,1-4H3,(H,28,29)/t14-,16-. The minimum Gasteiger partial charge on any atom is -0.449 e. The lowest BCUT2D eigenvalue weighted by Crippen LogP contribution is -2.42.